The molecular formula is C26H26N6OS. The lowest BCUT2D eigenvalue weighted by atomic mass is 10.1. The van der Waals surface area contributed by atoms with Gasteiger partial charge in [0.15, 0.2) is 0 Å². The number of ether oxygens (including phenoxy) is 1. The fourth-order valence-electron chi connectivity index (χ4n) is 4.33. The number of thioether (sulfide) groups is 1. The summed E-state index contributed by atoms with van der Waals surface area (Å²) in [6, 6.07) is 8.08. The van der Waals surface area contributed by atoms with Crippen molar-refractivity contribution in [2.75, 3.05) is 25.6 Å². The molecule has 0 aromatic carbocycles. The third-order valence-corrected chi connectivity index (χ3v) is 7.08. The first-order chi connectivity index (χ1) is 16.7. The number of nitriles is 1. The summed E-state index contributed by atoms with van der Waals surface area (Å²) in [7, 11) is 1.75. The molecule has 3 aliphatic rings. The summed E-state index contributed by atoms with van der Waals surface area (Å²) >= 11 is 1.54. The van der Waals surface area contributed by atoms with Gasteiger partial charge in [-0.1, -0.05) is 30.0 Å². The van der Waals surface area contributed by atoms with Gasteiger partial charge >= 0.3 is 0 Å². The highest BCUT2D eigenvalue weighted by Gasteiger charge is 2.39. The Kier molecular flexibility index (Phi) is 6.74. The first kappa shape index (κ1) is 22.4. The topological polar surface area (TPSA) is 95.8 Å². The Bertz CT molecular complexity index is 1230. The number of nitrogens with one attached hydrogen (secondary N) is 2. The third-order valence-electron chi connectivity index (χ3n) is 6.19. The summed E-state index contributed by atoms with van der Waals surface area (Å²) in [6.07, 6.45) is 12.9. The van der Waals surface area contributed by atoms with Crippen LogP contribution in [-0.4, -0.2) is 35.2 Å². The Morgan fingerprint density at radius 2 is 2.29 bits per heavy atom. The molecular weight excluding hydrogens is 444 g/mol. The Balaban J connectivity index is 1.26. The SMILES string of the molecule is COCC1=CCC(C2=CS/C(=C(/C#N)c3ccnc(NCCc4cccnc4)n3)N2)=CC2CC12. The lowest BCUT2D eigenvalue weighted by Crippen LogP contribution is -2.11. The zero-order valence-corrected chi connectivity index (χ0v) is 19.8. The van der Waals surface area contributed by atoms with Crippen LogP contribution in [0.25, 0.3) is 5.57 Å². The number of aromatic nitrogens is 3. The summed E-state index contributed by atoms with van der Waals surface area (Å²) in [5.74, 6) is 1.73. The van der Waals surface area contributed by atoms with Gasteiger partial charge in [0.25, 0.3) is 0 Å². The smallest absolute Gasteiger partial charge is 0.223 e. The quantitative estimate of drug-likeness (QED) is 0.432. The number of anilines is 1. The van der Waals surface area contributed by atoms with Crippen molar-refractivity contribution in [2.24, 2.45) is 11.8 Å². The van der Waals surface area contributed by atoms with E-state index >= 15 is 0 Å². The Labute approximate surface area is 203 Å². The largest absolute Gasteiger partial charge is 0.380 e. The van der Waals surface area contributed by atoms with E-state index in [9.17, 15) is 5.26 Å². The van der Waals surface area contributed by atoms with Crippen molar-refractivity contribution in [3.63, 3.8) is 0 Å². The van der Waals surface area contributed by atoms with Crippen LogP contribution in [-0.2, 0) is 11.2 Å². The van der Waals surface area contributed by atoms with Gasteiger partial charge in [0.1, 0.15) is 11.6 Å². The maximum Gasteiger partial charge on any atom is 0.223 e. The van der Waals surface area contributed by atoms with Crippen LogP contribution in [0.1, 0.15) is 24.1 Å². The molecule has 0 radical (unpaired) electrons. The molecule has 2 unspecified atom stereocenters. The van der Waals surface area contributed by atoms with Crippen molar-refractivity contribution >= 4 is 23.3 Å². The van der Waals surface area contributed by atoms with Crippen LogP contribution in [0.3, 0.4) is 0 Å². The summed E-state index contributed by atoms with van der Waals surface area (Å²) in [5.41, 5.74) is 6.01. The standard InChI is InChI=1S/C26H26N6OS/c1-33-15-19-5-4-18(11-20-12-21(19)20)24-16-34-25(31-24)22(13-27)23-7-10-30-26(32-23)29-9-6-17-3-2-8-28-14-17/h2-3,5,7-8,10-11,14,16,20-21,31H,4,6,9,12,15H2,1H3,(H,29,30,32)/b25-22-. The minimum Gasteiger partial charge on any atom is -0.380 e. The van der Waals surface area contributed by atoms with E-state index in [2.05, 4.69) is 49.2 Å². The van der Waals surface area contributed by atoms with Crippen molar-refractivity contribution in [1.29, 1.82) is 5.26 Å². The maximum absolute atomic E-state index is 9.93. The van der Waals surface area contributed by atoms with E-state index in [1.807, 2.05) is 18.3 Å². The fraction of sp³-hybridized carbons (Fsp3) is 0.308. The van der Waals surface area contributed by atoms with E-state index in [1.54, 1.807) is 25.6 Å². The summed E-state index contributed by atoms with van der Waals surface area (Å²) in [4.78, 5) is 13.0. The molecule has 2 N–H and O–H groups in total. The van der Waals surface area contributed by atoms with Crippen LogP contribution in [0.15, 0.2) is 76.2 Å². The molecule has 0 bridgehead atoms. The molecule has 5 rings (SSSR count). The molecule has 172 valence electrons. The lowest BCUT2D eigenvalue weighted by Gasteiger charge is -2.10. The van der Waals surface area contributed by atoms with E-state index in [-0.39, 0.29) is 0 Å². The Morgan fingerprint density at radius 3 is 3.12 bits per heavy atom. The van der Waals surface area contributed by atoms with Gasteiger partial charge in [-0.15, -0.1) is 0 Å². The monoisotopic (exact) mass is 470 g/mol. The highest BCUT2D eigenvalue weighted by atomic mass is 32.2. The number of fused-ring (bicyclic) bond motifs is 1. The number of nitrogens with zero attached hydrogens (tertiary/aromatic N) is 4. The number of hydrogen-bond donors (Lipinski definition) is 2. The van der Waals surface area contributed by atoms with Gasteiger partial charge in [-0.3, -0.25) is 4.98 Å². The van der Waals surface area contributed by atoms with Crippen LogP contribution in [0.2, 0.25) is 0 Å². The second-order valence-electron chi connectivity index (χ2n) is 8.51. The molecule has 34 heavy (non-hydrogen) atoms. The van der Waals surface area contributed by atoms with Crippen molar-refractivity contribution in [3.8, 4) is 6.07 Å². The first-order valence-corrected chi connectivity index (χ1v) is 12.3. The molecule has 0 amide bonds. The van der Waals surface area contributed by atoms with Crippen molar-refractivity contribution in [3.05, 3.63) is 87.5 Å². The van der Waals surface area contributed by atoms with Gasteiger partial charge in [0, 0.05) is 43.4 Å². The van der Waals surface area contributed by atoms with Crippen LogP contribution >= 0.6 is 11.8 Å². The summed E-state index contributed by atoms with van der Waals surface area (Å²) < 4.78 is 5.37. The molecule has 8 heteroatoms. The van der Waals surface area contributed by atoms with Gasteiger partial charge in [-0.05, 0) is 59.9 Å². The zero-order valence-electron chi connectivity index (χ0n) is 19.0. The second-order valence-corrected chi connectivity index (χ2v) is 9.39. The fourth-order valence-corrected chi connectivity index (χ4v) is 5.21. The molecule has 2 atom stereocenters. The highest BCUT2D eigenvalue weighted by molar-refractivity contribution is 8.06. The molecule has 2 aromatic heterocycles. The normalized spacial score (nSPS) is 22.3. The molecule has 3 heterocycles. The molecule has 2 aliphatic carbocycles. The van der Waals surface area contributed by atoms with Gasteiger partial charge < -0.3 is 15.4 Å². The minimum absolute atomic E-state index is 0.507. The van der Waals surface area contributed by atoms with Gasteiger partial charge in [0.05, 0.1) is 17.3 Å². The van der Waals surface area contributed by atoms with Gasteiger partial charge in [-0.25, -0.2) is 9.97 Å². The van der Waals surface area contributed by atoms with Crippen molar-refractivity contribution < 1.29 is 4.74 Å². The van der Waals surface area contributed by atoms with Crippen LogP contribution in [0.5, 0.6) is 0 Å². The van der Waals surface area contributed by atoms with E-state index in [4.69, 9.17) is 4.74 Å². The molecule has 1 aliphatic heterocycles. The van der Waals surface area contributed by atoms with E-state index in [0.717, 1.165) is 29.1 Å². The van der Waals surface area contributed by atoms with E-state index < -0.39 is 0 Å². The zero-order chi connectivity index (χ0) is 23.3. The molecule has 7 nitrogen and oxygen atoms in total. The highest BCUT2D eigenvalue weighted by Crippen LogP contribution is 2.49. The second kappa shape index (κ2) is 10.2. The number of pyridine rings is 1. The first-order valence-electron chi connectivity index (χ1n) is 11.4. The molecule has 0 spiro atoms. The van der Waals surface area contributed by atoms with E-state index in [1.165, 1.54) is 29.3 Å². The third kappa shape index (κ3) is 5.06. The molecule has 0 saturated heterocycles. The van der Waals surface area contributed by atoms with E-state index in [0.29, 0.717) is 42.2 Å². The summed E-state index contributed by atoms with van der Waals surface area (Å²) in [5, 5.41) is 19.5. The minimum atomic E-state index is 0.507. The number of allylic oxidation sites excluding steroid dienone is 4. The number of methoxy groups -OCH3 is 1. The average Bonchev–Trinajstić information content (AvgIpc) is 3.50. The Hall–Kier alpha value is -3.41. The molecule has 1 fully saturated rings. The predicted octanol–water partition coefficient (Wildman–Crippen LogP) is 4.44. The number of rotatable bonds is 8. The van der Waals surface area contributed by atoms with Crippen LogP contribution < -0.4 is 10.6 Å². The Morgan fingerprint density at radius 1 is 1.35 bits per heavy atom. The maximum atomic E-state index is 9.93. The van der Waals surface area contributed by atoms with Crippen molar-refractivity contribution in [1.82, 2.24) is 20.3 Å². The average molecular weight is 471 g/mol. The lowest BCUT2D eigenvalue weighted by molar-refractivity contribution is 0.221. The molecule has 1 saturated carbocycles. The van der Waals surface area contributed by atoms with Crippen molar-refractivity contribution in [2.45, 2.75) is 19.3 Å². The van der Waals surface area contributed by atoms with Crippen LogP contribution in [0.4, 0.5) is 5.95 Å². The van der Waals surface area contributed by atoms with Gasteiger partial charge in [0.2, 0.25) is 5.95 Å². The van der Waals surface area contributed by atoms with Gasteiger partial charge in [-0.2, -0.15) is 5.26 Å². The van der Waals surface area contributed by atoms with Crippen LogP contribution in [0, 0.1) is 23.2 Å². The summed E-state index contributed by atoms with van der Waals surface area (Å²) in [6.45, 7) is 1.39. The predicted molar refractivity (Wildman–Crippen MR) is 134 cm³/mol. The molecule has 2 aromatic rings. The number of hydrogen-bond acceptors (Lipinski definition) is 8.